The molecule has 2 rings (SSSR count). The van der Waals surface area contributed by atoms with E-state index in [2.05, 4.69) is 0 Å². The van der Waals surface area contributed by atoms with E-state index in [1.165, 1.54) is 12.1 Å². The van der Waals surface area contributed by atoms with Gasteiger partial charge in [0.2, 0.25) is 0 Å². The molecule has 0 spiro atoms. The van der Waals surface area contributed by atoms with Crippen LogP contribution in [0.4, 0.5) is 4.39 Å². The van der Waals surface area contributed by atoms with Crippen LogP contribution < -0.4 is 0 Å². The van der Waals surface area contributed by atoms with Crippen LogP contribution in [0, 0.1) is 11.7 Å². The van der Waals surface area contributed by atoms with Crippen molar-refractivity contribution in [1.82, 2.24) is 0 Å². The molecule has 0 fully saturated rings. The molecule has 0 aromatic heterocycles. The van der Waals surface area contributed by atoms with Gasteiger partial charge in [0.15, 0.2) is 5.78 Å². The van der Waals surface area contributed by atoms with E-state index in [1.807, 2.05) is 18.2 Å². The fraction of sp³-hybridized carbons (Fsp3) is 0.188. The summed E-state index contributed by atoms with van der Waals surface area (Å²) in [5.74, 6) is -0.590. The van der Waals surface area contributed by atoms with Crippen molar-refractivity contribution in [3.8, 4) is 0 Å². The molecule has 0 aliphatic carbocycles. The largest absolute Gasteiger partial charge is 0.294 e. The summed E-state index contributed by atoms with van der Waals surface area (Å²) in [6.07, 6.45) is 0.347. The molecular weight excluding hydrogens is 263 g/mol. The third kappa shape index (κ3) is 3.42. The zero-order valence-corrected chi connectivity index (χ0v) is 11.3. The summed E-state index contributed by atoms with van der Waals surface area (Å²) in [7, 11) is 0. The van der Waals surface area contributed by atoms with Crippen LogP contribution in [0.1, 0.15) is 22.8 Å². The van der Waals surface area contributed by atoms with Crippen LogP contribution in [0.3, 0.4) is 0 Å². The molecule has 1 nitrogen and oxygen atoms in total. The van der Waals surface area contributed by atoms with Gasteiger partial charge in [0.25, 0.3) is 0 Å². The molecule has 0 saturated heterocycles. The van der Waals surface area contributed by atoms with Crippen LogP contribution in [0.15, 0.2) is 48.5 Å². The molecule has 0 bridgehead atoms. The molecule has 2 aromatic rings. The third-order valence-corrected chi connectivity index (χ3v) is 3.27. The molecule has 0 saturated carbocycles. The fourth-order valence-electron chi connectivity index (χ4n) is 2.01. The summed E-state index contributed by atoms with van der Waals surface area (Å²) in [6.45, 7) is 1.80. The zero-order chi connectivity index (χ0) is 13.8. The third-order valence-electron chi connectivity index (χ3n) is 3.04. The van der Waals surface area contributed by atoms with Crippen molar-refractivity contribution in [1.29, 1.82) is 0 Å². The maximum Gasteiger partial charge on any atom is 0.165 e. The highest BCUT2D eigenvalue weighted by atomic mass is 35.5. The number of benzene rings is 2. The molecule has 0 heterocycles. The lowest BCUT2D eigenvalue weighted by atomic mass is 9.93. The van der Waals surface area contributed by atoms with Gasteiger partial charge in [-0.1, -0.05) is 48.9 Å². The molecule has 1 atom stereocenters. The van der Waals surface area contributed by atoms with Crippen molar-refractivity contribution in [3.05, 3.63) is 70.5 Å². The van der Waals surface area contributed by atoms with Gasteiger partial charge >= 0.3 is 0 Å². The van der Waals surface area contributed by atoms with Crippen LogP contribution in [0.5, 0.6) is 0 Å². The average Bonchev–Trinajstić information content (AvgIpc) is 2.43. The molecule has 3 heteroatoms. The average molecular weight is 277 g/mol. The number of hydrogen-bond acceptors (Lipinski definition) is 1. The first-order valence-corrected chi connectivity index (χ1v) is 6.49. The van der Waals surface area contributed by atoms with E-state index in [1.54, 1.807) is 25.1 Å². The van der Waals surface area contributed by atoms with Gasteiger partial charge in [-0.2, -0.15) is 0 Å². The van der Waals surface area contributed by atoms with E-state index in [0.717, 1.165) is 0 Å². The summed E-state index contributed by atoms with van der Waals surface area (Å²) in [4.78, 5) is 12.2. The minimum absolute atomic E-state index is 0.0139. The highest BCUT2D eigenvalue weighted by Gasteiger charge is 2.17. The van der Waals surface area contributed by atoms with Gasteiger partial charge in [0, 0.05) is 16.5 Å². The lowest BCUT2D eigenvalue weighted by Gasteiger charge is -2.11. The molecule has 0 amide bonds. The number of hydrogen-bond donors (Lipinski definition) is 0. The van der Waals surface area contributed by atoms with E-state index in [4.69, 9.17) is 11.6 Å². The maximum atomic E-state index is 13.6. The number of carbonyl (C=O) groups is 1. The van der Waals surface area contributed by atoms with Crippen LogP contribution in [0.2, 0.25) is 5.02 Å². The predicted molar refractivity (Wildman–Crippen MR) is 75.1 cm³/mol. The van der Waals surface area contributed by atoms with Crippen LogP contribution >= 0.6 is 11.6 Å². The highest BCUT2D eigenvalue weighted by molar-refractivity contribution is 6.30. The molecule has 0 radical (unpaired) electrons. The normalized spacial score (nSPS) is 12.2. The maximum absolute atomic E-state index is 13.6. The first kappa shape index (κ1) is 13.8. The monoisotopic (exact) mass is 276 g/mol. The van der Waals surface area contributed by atoms with Gasteiger partial charge in [-0.25, -0.2) is 4.39 Å². The van der Waals surface area contributed by atoms with Crippen LogP contribution in [0.25, 0.3) is 0 Å². The van der Waals surface area contributed by atoms with Gasteiger partial charge < -0.3 is 0 Å². The molecule has 2 aromatic carbocycles. The van der Waals surface area contributed by atoms with E-state index in [0.29, 0.717) is 22.6 Å². The quantitative estimate of drug-likeness (QED) is 0.749. The Kier molecular flexibility index (Phi) is 4.33. The fourth-order valence-corrected chi connectivity index (χ4v) is 2.20. The highest BCUT2D eigenvalue weighted by Crippen LogP contribution is 2.20. The van der Waals surface area contributed by atoms with Gasteiger partial charge in [-0.05, 0) is 30.2 Å². The minimum Gasteiger partial charge on any atom is -0.294 e. The second-order valence-corrected chi connectivity index (χ2v) is 5.01. The Balaban J connectivity index is 2.15. The Labute approximate surface area is 117 Å². The lowest BCUT2D eigenvalue weighted by Crippen LogP contribution is -2.14. The van der Waals surface area contributed by atoms with Crippen molar-refractivity contribution in [2.24, 2.45) is 5.92 Å². The van der Waals surface area contributed by atoms with Gasteiger partial charge in [0.1, 0.15) is 5.82 Å². The first-order valence-electron chi connectivity index (χ1n) is 6.11. The van der Waals surface area contributed by atoms with Gasteiger partial charge in [-0.15, -0.1) is 0 Å². The number of rotatable bonds is 4. The van der Waals surface area contributed by atoms with E-state index < -0.39 is 0 Å². The standard InChI is InChI=1S/C16H14ClFO/c1-11(16(19)12-5-3-2-4-6-12)9-13-10-14(17)7-8-15(13)18/h2-8,10-11H,9H2,1H3. The Hall–Kier alpha value is -1.67. The van der Waals surface area contributed by atoms with Crippen LogP contribution in [-0.2, 0) is 6.42 Å². The number of carbonyl (C=O) groups excluding carboxylic acids is 1. The van der Waals surface area contributed by atoms with Crippen molar-refractivity contribution < 1.29 is 9.18 Å². The van der Waals surface area contributed by atoms with E-state index in [-0.39, 0.29) is 17.5 Å². The molecule has 98 valence electrons. The second-order valence-electron chi connectivity index (χ2n) is 4.57. The Morgan fingerprint density at radius 3 is 2.58 bits per heavy atom. The Bertz CT molecular complexity index is 581. The van der Waals surface area contributed by atoms with E-state index in [9.17, 15) is 9.18 Å². The van der Waals surface area contributed by atoms with Crippen molar-refractivity contribution in [3.63, 3.8) is 0 Å². The Morgan fingerprint density at radius 1 is 1.21 bits per heavy atom. The summed E-state index contributed by atoms with van der Waals surface area (Å²) >= 11 is 5.85. The summed E-state index contributed by atoms with van der Waals surface area (Å²) < 4.78 is 13.6. The second kappa shape index (κ2) is 5.98. The SMILES string of the molecule is CC(Cc1cc(Cl)ccc1F)C(=O)c1ccccc1. The van der Waals surface area contributed by atoms with E-state index >= 15 is 0 Å². The molecule has 0 aliphatic heterocycles. The number of halogens is 2. The Morgan fingerprint density at radius 2 is 1.89 bits per heavy atom. The molecule has 1 unspecified atom stereocenters. The minimum atomic E-state index is -0.322. The molecule has 0 aliphatic rings. The molecular formula is C16H14ClFO. The lowest BCUT2D eigenvalue weighted by molar-refractivity contribution is 0.0929. The molecule has 0 N–H and O–H groups in total. The number of ketones is 1. The summed E-state index contributed by atoms with van der Waals surface area (Å²) in [6, 6.07) is 13.4. The molecule has 19 heavy (non-hydrogen) atoms. The zero-order valence-electron chi connectivity index (χ0n) is 10.6. The summed E-state index contributed by atoms with van der Waals surface area (Å²) in [5, 5.41) is 0.482. The first-order chi connectivity index (χ1) is 9.08. The topological polar surface area (TPSA) is 17.1 Å². The van der Waals surface area contributed by atoms with Gasteiger partial charge in [0.05, 0.1) is 0 Å². The van der Waals surface area contributed by atoms with Crippen molar-refractivity contribution in [2.75, 3.05) is 0 Å². The predicted octanol–water partition coefficient (Wildman–Crippen LogP) is 4.54. The summed E-state index contributed by atoms with van der Waals surface area (Å²) in [5.41, 5.74) is 1.13. The smallest absolute Gasteiger partial charge is 0.165 e. The van der Waals surface area contributed by atoms with Gasteiger partial charge in [-0.3, -0.25) is 4.79 Å². The van der Waals surface area contributed by atoms with Crippen molar-refractivity contribution >= 4 is 17.4 Å². The van der Waals surface area contributed by atoms with Crippen molar-refractivity contribution in [2.45, 2.75) is 13.3 Å². The van der Waals surface area contributed by atoms with Crippen LogP contribution in [-0.4, -0.2) is 5.78 Å². The number of Topliss-reactive ketones (excluding diaryl/α,β-unsaturated/α-hetero) is 1.